The van der Waals surface area contributed by atoms with Crippen LogP contribution >= 0.6 is 11.3 Å². The molecule has 1 unspecified atom stereocenters. The summed E-state index contributed by atoms with van der Waals surface area (Å²) in [6.45, 7) is 0. The lowest BCUT2D eigenvalue weighted by atomic mass is 9.84. The van der Waals surface area contributed by atoms with Crippen LogP contribution in [0, 0.1) is 11.6 Å². The molecule has 0 N–H and O–H groups in total. The maximum atomic E-state index is 13.7. The summed E-state index contributed by atoms with van der Waals surface area (Å²) in [6.07, 6.45) is 3.37. The van der Waals surface area contributed by atoms with Crippen LogP contribution in [0.5, 0.6) is 0 Å². The quantitative estimate of drug-likeness (QED) is 0.434. The van der Waals surface area contributed by atoms with Gasteiger partial charge >= 0.3 is 0 Å². The van der Waals surface area contributed by atoms with E-state index in [9.17, 15) is 18.4 Å². The van der Waals surface area contributed by atoms with Crippen LogP contribution in [0.4, 0.5) is 8.78 Å². The minimum absolute atomic E-state index is 0.0119. The lowest BCUT2D eigenvalue weighted by Crippen LogP contribution is -2.40. The van der Waals surface area contributed by atoms with Gasteiger partial charge in [-0.1, -0.05) is 59.9 Å². The molecule has 0 saturated carbocycles. The standard InChI is InChI=1S/C27H18F2N2O2S/c28-19-12-11-15(13-20(19)29)14-23-26(33)31-25(18-8-3-6-16-5-1-2-7-17(16)18)24-21(30-27(31)34-23)9-4-10-22(24)32/h1-3,5-8,11-14,25H,4,9-10H2. The number of hydrogen-bond acceptors (Lipinski definition) is 4. The van der Waals surface area contributed by atoms with Gasteiger partial charge in [0.05, 0.1) is 16.3 Å². The van der Waals surface area contributed by atoms with E-state index in [-0.39, 0.29) is 11.3 Å². The van der Waals surface area contributed by atoms with Gasteiger partial charge in [-0.25, -0.2) is 13.8 Å². The van der Waals surface area contributed by atoms with Crippen LogP contribution in [0.25, 0.3) is 16.8 Å². The molecule has 4 aromatic rings. The highest BCUT2D eigenvalue weighted by atomic mass is 32.1. The largest absolute Gasteiger partial charge is 0.294 e. The Labute approximate surface area is 196 Å². The second kappa shape index (κ2) is 7.95. The second-order valence-corrected chi connectivity index (χ2v) is 9.47. The average Bonchev–Trinajstić information content (AvgIpc) is 3.14. The smallest absolute Gasteiger partial charge is 0.271 e. The molecule has 1 aliphatic carbocycles. The first-order valence-corrected chi connectivity index (χ1v) is 11.8. The first kappa shape index (κ1) is 20.9. The third kappa shape index (κ3) is 3.27. The monoisotopic (exact) mass is 472 g/mol. The zero-order chi connectivity index (χ0) is 23.4. The van der Waals surface area contributed by atoms with Gasteiger partial charge < -0.3 is 0 Å². The molecule has 0 saturated heterocycles. The molecule has 0 spiro atoms. The maximum absolute atomic E-state index is 13.7. The number of halogens is 2. The van der Waals surface area contributed by atoms with Crippen molar-refractivity contribution in [1.29, 1.82) is 0 Å². The van der Waals surface area contributed by atoms with E-state index in [1.54, 1.807) is 4.57 Å². The van der Waals surface area contributed by atoms with Crippen molar-refractivity contribution in [2.24, 2.45) is 4.99 Å². The van der Waals surface area contributed by atoms with Gasteiger partial charge in [-0.05, 0) is 52.9 Å². The first-order chi connectivity index (χ1) is 16.5. The van der Waals surface area contributed by atoms with E-state index < -0.39 is 17.7 Å². The van der Waals surface area contributed by atoms with Gasteiger partial charge in [0.1, 0.15) is 0 Å². The third-order valence-corrected chi connectivity index (χ3v) is 7.37. The highest BCUT2D eigenvalue weighted by molar-refractivity contribution is 7.07. The van der Waals surface area contributed by atoms with Crippen molar-refractivity contribution in [3.8, 4) is 0 Å². The first-order valence-electron chi connectivity index (χ1n) is 11.0. The molecule has 4 nitrogen and oxygen atoms in total. The van der Waals surface area contributed by atoms with Crippen LogP contribution in [0.15, 0.2) is 81.7 Å². The van der Waals surface area contributed by atoms with Crippen LogP contribution in [-0.2, 0) is 4.79 Å². The number of aromatic nitrogens is 1. The molecule has 0 radical (unpaired) electrons. The fourth-order valence-corrected chi connectivity index (χ4v) is 5.87. The summed E-state index contributed by atoms with van der Waals surface area (Å²) in [5.74, 6) is -1.91. The lowest BCUT2D eigenvalue weighted by Gasteiger charge is -2.29. The minimum Gasteiger partial charge on any atom is -0.294 e. The Kier molecular flexibility index (Phi) is 4.88. The zero-order valence-electron chi connectivity index (χ0n) is 17.9. The van der Waals surface area contributed by atoms with Crippen LogP contribution in [-0.4, -0.2) is 10.4 Å². The fraction of sp³-hybridized carbons (Fsp3) is 0.148. The maximum Gasteiger partial charge on any atom is 0.271 e. The molecule has 1 aromatic heterocycles. The Morgan fingerprint density at radius 3 is 2.65 bits per heavy atom. The molecular formula is C27H18F2N2O2S. The third-order valence-electron chi connectivity index (χ3n) is 6.39. The average molecular weight is 473 g/mol. The molecule has 1 aliphatic heterocycles. The van der Waals surface area contributed by atoms with Gasteiger partial charge in [0.2, 0.25) is 0 Å². The predicted octanol–water partition coefficient (Wildman–Crippen LogP) is 4.40. The lowest BCUT2D eigenvalue weighted by molar-refractivity contribution is -0.116. The zero-order valence-corrected chi connectivity index (χ0v) is 18.7. The molecule has 2 aliphatic rings. The number of rotatable bonds is 2. The van der Waals surface area contributed by atoms with E-state index in [1.807, 2.05) is 42.5 Å². The summed E-state index contributed by atoms with van der Waals surface area (Å²) in [7, 11) is 0. The van der Waals surface area contributed by atoms with E-state index in [0.29, 0.717) is 33.3 Å². The molecule has 0 fully saturated rings. The summed E-state index contributed by atoms with van der Waals surface area (Å²) >= 11 is 1.19. The van der Waals surface area contributed by atoms with Crippen molar-refractivity contribution in [3.05, 3.63) is 114 Å². The van der Waals surface area contributed by atoms with Crippen molar-refractivity contribution in [2.45, 2.75) is 25.3 Å². The Hall–Kier alpha value is -3.71. The number of hydrogen-bond donors (Lipinski definition) is 0. The molecule has 2 heterocycles. The number of Topliss-reactive ketones (excluding diaryl/α,β-unsaturated/α-hetero) is 1. The normalized spacial score (nSPS) is 18.1. The number of carbonyl (C=O) groups excluding carboxylic acids is 1. The van der Waals surface area contributed by atoms with Gasteiger partial charge in [0, 0.05) is 12.0 Å². The fourth-order valence-electron chi connectivity index (χ4n) is 4.85. The summed E-state index contributed by atoms with van der Waals surface area (Å²) in [6, 6.07) is 16.7. The van der Waals surface area contributed by atoms with Gasteiger partial charge in [0.15, 0.2) is 22.2 Å². The number of allylic oxidation sites excluding steroid dienone is 2. The van der Waals surface area contributed by atoms with Crippen molar-refractivity contribution >= 4 is 34.0 Å². The van der Waals surface area contributed by atoms with E-state index in [2.05, 4.69) is 0 Å². The Balaban J connectivity index is 1.64. The Morgan fingerprint density at radius 1 is 0.971 bits per heavy atom. The molecule has 168 valence electrons. The summed E-state index contributed by atoms with van der Waals surface area (Å²) in [5, 5.41) is 1.99. The van der Waals surface area contributed by atoms with Crippen LogP contribution in [0.1, 0.15) is 36.4 Å². The minimum atomic E-state index is -0.976. The summed E-state index contributed by atoms with van der Waals surface area (Å²) in [4.78, 5) is 32.0. The Morgan fingerprint density at radius 2 is 1.79 bits per heavy atom. The molecule has 7 heteroatoms. The van der Waals surface area contributed by atoms with Gasteiger partial charge in [-0.2, -0.15) is 0 Å². The number of benzene rings is 3. The summed E-state index contributed by atoms with van der Waals surface area (Å²) < 4.78 is 29.1. The van der Waals surface area contributed by atoms with Crippen LogP contribution in [0.3, 0.4) is 0 Å². The number of nitrogens with zero attached hydrogens (tertiary/aromatic N) is 2. The number of thiazole rings is 1. The Bertz CT molecular complexity index is 1710. The van der Waals surface area contributed by atoms with Gasteiger partial charge in [0.25, 0.3) is 5.56 Å². The van der Waals surface area contributed by atoms with Crippen molar-refractivity contribution in [3.63, 3.8) is 0 Å². The van der Waals surface area contributed by atoms with Gasteiger partial charge in [-0.15, -0.1) is 0 Å². The highest BCUT2D eigenvalue weighted by Gasteiger charge is 2.35. The van der Waals surface area contributed by atoms with Gasteiger partial charge in [-0.3, -0.25) is 14.2 Å². The predicted molar refractivity (Wildman–Crippen MR) is 127 cm³/mol. The number of fused-ring (bicyclic) bond motifs is 2. The number of carbonyl (C=O) groups is 1. The molecule has 0 bridgehead atoms. The highest BCUT2D eigenvalue weighted by Crippen LogP contribution is 2.38. The van der Waals surface area contributed by atoms with E-state index >= 15 is 0 Å². The molecule has 1 atom stereocenters. The molecule has 6 rings (SSSR count). The molecule has 34 heavy (non-hydrogen) atoms. The van der Waals surface area contributed by atoms with E-state index in [1.165, 1.54) is 23.5 Å². The van der Waals surface area contributed by atoms with Crippen LogP contribution < -0.4 is 14.9 Å². The second-order valence-electron chi connectivity index (χ2n) is 8.46. The van der Waals surface area contributed by atoms with E-state index in [0.717, 1.165) is 40.6 Å². The van der Waals surface area contributed by atoms with E-state index in [4.69, 9.17) is 4.99 Å². The van der Waals surface area contributed by atoms with Crippen molar-refractivity contribution in [1.82, 2.24) is 4.57 Å². The molecule has 3 aromatic carbocycles. The topological polar surface area (TPSA) is 51.4 Å². The van der Waals surface area contributed by atoms with Crippen molar-refractivity contribution in [2.75, 3.05) is 0 Å². The molecular weight excluding hydrogens is 454 g/mol. The summed E-state index contributed by atoms with van der Waals surface area (Å²) in [5.41, 5.74) is 2.25. The van der Waals surface area contributed by atoms with Crippen LogP contribution in [0.2, 0.25) is 0 Å². The number of ketones is 1. The van der Waals surface area contributed by atoms with Crippen molar-refractivity contribution < 1.29 is 13.6 Å². The SMILES string of the molecule is O=C1CCCC2=C1C(c1cccc3ccccc13)n1c(sc(=Cc3ccc(F)c(F)c3)c1=O)=N2. The molecule has 0 amide bonds.